The van der Waals surface area contributed by atoms with Gasteiger partial charge in [-0.15, -0.1) is 0 Å². The van der Waals surface area contributed by atoms with Crippen molar-refractivity contribution >= 4 is 0 Å². The van der Waals surface area contributed by atoms with Crippen molar-refractivity contribution in [1.82, 2.24) is 10.2 Å². The summed E-state index contributed by atoms with van der Waals surface area (Å²) < 4.78 is 6.18. The average molecular weight is 248 g/mol. The van der Waals surface area contributed by atoms with Crippen LogP contribution in [0.3, 0.4) is 0 Å². The molecule has 1 saturated heterocycles. The summed E-state index contributed by atoms with van der Waals surface area (Å²) in [5.74, 6) is 1.07. The van der Waals surface area contributed by atoms with Crippen LogP contribution in [0.25, 0.3) is 0 Å². The molecule has 1 aliphatic heterocycles. The number of benzene rings is 1. The predicted octanol–water partition coefficient (Wildman–Crippen LogP) is 1.92. The molecule has 0 radical (unpaired) electrons. The number of nitrogens with one attached hydrogen (secondary N) is 1. The third-order valence-corrected chi connectivity index (χ3v) is 3.58. The molecule has 0 atom stereocenters. The van der Waals surface area contributed by atoms with Gasteiger partial charge in [0.15, 0.2) is 0 Å². The zero-order valence-corrected chi connectivity index (χ0v) is 11.5. The van der Waals surface area contributed by atoms with E-state index in [-0.39, 0.29) is 0 Å². The molecule has 1 fully saturated rings. The summed E-state index contributed by atoms with van der Waals surface area (Å²) in [6, 6.07) is 8.42. The average Bonchev–Trinajstić information content (AvgIpc) is 2.40. The smallest absolute Gasteiger partial charge is 0.122 e. The minimum atomic E-state index is 0.386. The Morgan fingerprint density at radius 3 is 2.72 bits per heavy atom. The van der Waals surface area contributed by atoms with E-state index in [4.69, 9.17) is 4.74 Å². The highest BCUT2D eigenvalue weighted by atomic mass is 16.5. The summed E-state index contributed by atoms with van der Waals surface area (Å²) in [5.41, 5.74) is 1.31. The van der Waals surface area contributed by atoms with Gasteiger partial charge in [0.2, 0.25) is 0 Å². The second-order valence-corrected chi connectivity index (χ2v) is 5.08. The monoisotopic (exact) mass is 248 g/mol. The zero-order valence-electron chi connectivity index (χ0n) is 11.5. The molecule has 0 saturated carbocycles. The maximum absolute atomic E-state index is 6.18. The highest BCUT2D eigenvalue weighted by Gasteiger charge is 2.18. The van der Waals surface area contributed by atoms with Gasteiger partial charge in [0.05, 0.1) is 0 Å². The van der Waals surface area contributed by atoms with Gasteiger partial charge >= 0.3 is 0 Å². The number of rotatable bonds is 5. The van der Waals surface area contributed by atoms with Crippen molar-refractivity contribution in [3.63, 3.8) is 0 Å². The topological polar surface area (TPSA) is 24.5 Å². The lowest BCUT2D eigenvalue weighted by Crippen LogP contribution is -2.35. The molecule has 1 heterocycles. The summed E-state index contributed by atoms with van der Waals surface area (Å²) in [6.45, 7) is 3.28. The van der Waals surface area contributed by atoms with Crippen molar-refractivity contribution < 1.29 is 4.74 Å². The molecule has 0 bridgehead atoms. The van der Waals surface area contributed by atoms with Crippen molar-refractivity contribution in [2.24, 2.45) is 0 Å². The van der Waals surface area contributed by atoms with Crippen LogP contribution in [-0.4, -0.2) is 44.7 Å². The summed E-state index contributed by atoms with van der Waals surface area (Å²) >= 11 is 0. The first-order valence-corrected chi connectivity index (χ1v) is 6.87. The lowest BCUT2D eigenvalue weighted by Gasteiger charge is -2.30. The molecule has 18 heavy (non-hydrogen) atoms. The van der Waals surface area contributed by atoms with Crippen LogP contribution in [0, 0.1) is 0 Å². The number of nitrogens with zero attached hydrogens (tertiary/aromatic N) is 1. The van der Waals surface area contributed by atoms with Crippen LogP contribution in [-0.2, 0) is 6.42 Å². The summed E-state index contributed by atoms with van der Waals surface area (Å²) in [5, 5.41) is 3.19. The molecular formula is C15H24N2O. The van der Waals surface area contributed by atoms with Crippen molar-refractivity contribution in [3.8, 4) is 5.75 Å². The second-order valence-electron chi connectivity index (χ2n) is 5.08. The maximum Gasteiger partial charge on any atom is 0.122 e. The third kappa shape index (κ3) is 3.72. The standard InChI is InChI=1S/C15H24N2O/c1-16-10-7-13-5-3-4-6-15(13)18-14-8-11-17(2)12-9-14/h3-6,14,16H,7-12H2,1-2H3. The summed E-state index contributed by atoms with van der Waals surface area (Å²) in [7, 11) is 4.16. The fraction of sp³-hybridized carbons (Fsp3) is 0.600. The minimum absolute atomic E-state index is 0.386. The molecule has 1 aromatic carbocycles. The zero-order chi connectivity index (χ0) is 12.8. The van der Waals surface area contributed by atoms with Crippen LogP contribution < -0.4 is 10.1 Å². The van der Waals surface area contributed by atoms with Crippen LogP contribution in [0.5, 0.6) is 5.75 Å². The van der Waals surface area contributed by atoms with Crippen LogP contribution in [0.15, 0.2) is 24.3 Å². The van der Waals surface area contributed by atoms with Gasteiger partial charge < -0.3 is 15.0 Å². The number of likely N-dealkylation sites (N-methyl/N-ethyl adjacent to an activating group) is 1. The molecular weight excluding hydrogens is 224 g/mol. The van der Waals surface area contributed by atoms with E-state index in [0.29, 0.717) is 6.10 Å². The van der Waals surface area contributed by atoms with E-state index in [1.165, 1.54) is 5.56 Å². The predicted molar refractivity (Wildman–Crippen MR) is 75.2 cm³/mol. The Labute approximate surface area is 110 Å². The van der Waals surface area contributed by atoms with E-state index in [1.807, 2.05) is 7.05 Å². The van der Waals surface area contributed by atoms with Crippen molar-refractivity contribution in [1.29, 1.82) is 0 Å². The SMILES string of the molecule is CNCCc1ccccc1OC1CCN(C)CC1. The second kappa shape index (κ2) is 6.76. The van der Waals surface area contributed by atoms with Crippen LogP contribution in [0.2, 0.25) is 0 Å². The van der Waals surface area contributed by atoms with Crippen LogP contribution >= 0.6 is 0 Å². The maximum atomic E-state index is 6.18. The van der Waals surface area contributed by atoms with Crippen molar-refractivity contribution in [2.45, 2.75) is 25.4 Å². The molecule has 0 aromatic heterocycles. The molecule has 1 aromatic rings. The first-order valence-electron chi connectivity index (χ1n) is 6.87. The highest BCUT2D eigenvalue weighted by molar-refractivity contribution is 5.33. The molecule has 0 aliphatic carbocycles. The summed E-state index contributed by atoms with van der Waals surface area (Å²) in [4.78, 5) is 2.37. The molecule has 0 amide bonds. The van der Waals surface area contributed by atoms with E-state index < -0.39 is 0 Å². The van der Waals surface area contributed by atoms with Gasteiger partial charge in [0.25, 0.3) is 0 Å². The Balaban J connectivity index is 1.95. The van der Waals surface area contributed by atoms with Gasteiger partial charge in [0, 0.05) is 13.1 Å². The first kappa shape index (κ1) is 13.4. The quantitative estimate of drug-likeness (QED) is 0.861. The number of hydrogen-bond acceptors (Lipinski definition) is 3. The number of piperidine rings is 1. The molecule has 3 heteroatoms. The Bertz CT molecular complexity index is 359. The molecule has 2 rings (SSSR count). The van der Waals surface area contributed by atoms with Crippen LogP contribution in [0.1, 0.15) is 18.4 Å². The Hall–Kier alpha value is -1.06. The molecule has 3 nitrogen and oxygen atoms in total. The summed E-state index contributed by atoms with van der Waals surface area (Å²) in [6.07, 6.45) is 3.68. The van der Waals surface area contributed by atoms with Gasteiger partial charge in [-0.25, -0.2) is 0 Å². The lowest BCUT2D eigenvalue weighted by molar-refractivity contribution is 0.113. The number of likely N-dealkylation sites (tertiary alicyclic amines) is 1. The van der Waals surface area contributed by atoms with E-state index in [0.717, 1.165) is 44.6 Å². The van der Waals surface area contributed by atoms with Gasteiger partial charge in [-0.3, -0.25) is 0 Å². The fourth-order valence-corrected chi connectivity index (χ4v) is 2.37. The third-order valence-electron chi connectivity index (χ3n) is 3.58. The van der Waals surface area contributed by atoms with Gasteiger partial charge in [-0.05, 0) is 51.5 Å². The Morgan fingerprint density at radius 1 is 1.28 bits per heavy atom. The van der Waals surface area contributed by atoms with Crippen molar-refractivity contribution in [3.05, 3.63) is 29.8 Å². The van der Waals surface area contributed by atoms with Gasteiger partial charge in [-0.2, -0.15) is 0 Å². The van der Waals surface area contributed by atoms with Gasteiger partial charge in [0.1, 0.15) is 11.9 Å². The normalized spacial score (nSPS) is 17.9. The molecule has 1 N–H and O–H groups in total. The Morgan fingerprint density at radius 2 is 2.00 bits per heavy atom. The van der Waals surface area contributed by atoms with Crippen LogP contribution in [0.4, 0.5) is 0 Å². The van der Waals surface area contributed by atoms with E-state index in [1.54, 1.807) is 0 Å². The minimum Gasteiger partial charge on any atom is -0.490 e. The first-order chi connectivity index (χ1) is 8.79. The number of ether oxygens (including phenoxy) is 1. The molecule has 1 aliphatic rings. The van der Waals surface area contributed by atoms with Gasteiger partial charge in [-0.1, -0.05) is 18.2 Å². The lowest BCUT2D eigenvalue weighted by atomic mass is 10.1. The van der Waals surface area contributed by atoms with Crippen molar-refractivity contribution in [2.75, 3.05) is 33.7 Å². The number of para-hydroxylation sites is 1. The van der Waals surface area contributed by atoms with E-state index >= 15 is 0 Å². The van der Waals surface area contributed by atoms with E-state index in [2.05, 4.69) is 41.5 Å². The fourth-order valence-electron chi connectivity index (χ4n) is 2.37. The number of hydrogen-bond donors (Lipinski definition) is 1. The largest absolute Gasteiger partial charge is 0.490 e. The molecule has 0 spiro atoms. The Kier molecular flexibility index (Phi) is 5.02. The molecule has 0 unspecified atom stereocenters. The van der Waals surface area contributed by atoms with E-state index in [9.17, 15) is 0 Å². The molecule has 100 valence electrons. The highest BCUT2D eigenvalue weighted by Crippen LogP contribution is 2.23.